The average Bonchev–Trinajstić information content (AvgIpc) is 3.78. The van der Waals surface area contributed by atoms with Crippen LogP contribution in [-0.4, -0.2) is 15.0 Å². The Morgan fingerprint density at radius 1 is 0.481 bits per heavy atom. The van der Waals surface area contributed by atoms with E-state index in [2.05, 4.69) is 44.2 Å². The highest BCUT2D eigenvalue weighted by atomic mass is 32.1. The van der Waals surface area contributed by atoms with Crippen LogP contribution in [0.3, 0.4) is 0 Å². The second-order valence-corrected chi connectivity index (χ2v) is 14.3. The molecule has 0 spiro atoms. The molecule has 0 N–H and O–H groups in total. The van der Waals surface area contributed by atoms with Crippen molar-refractivity contribution >= 4 is 31.5 Å². The van der Waals surface area contributed by atoms with Crippen molar-refractivity contribution in [2.24, 2.45) is 0 Å². The summed E-state index contributed by atoms with van der Waals surface area (Å²) in [6.45, 7) is 4.45. The van der Waals surface area contributed by atoms with Gasteiger partial charge in [-0.05, 0) is 63.2 Å². The van der Waals surface area contributed by atoms with Crippen LogP contribution in [0.4, 0.5) is 0 Å². The molecule has 9 aromatic rings. The average molecular weight is 694 g/mol. The van der Waals surface area contributed by atoms with E-state index < -0.39 is 60.4 Å². The number of fused-ring (bicyclic) bond motifs is 6. The SMILES string of the molecule is [2H]c1c([2H])c([2H])c(-c2cc(-c3c([2H])c([2H])c([2H])c([2H])c3[2H])c3sc4cccc(-c5nc(-c6ccccc6)nc(-c6ccc7c(c6)-c6ccccc6C7(C)C)n5)c4c3c2)c([2H])c1[2H]. The van der Waals surface area contributed by atoms with Crippen molar-refractivity contribution in [1.82, 2.24) is 15.0 Å². The van der Waals surface area contributed by atoms with Crippen LogP contribution in [0, 0.1) is 0 Å². The summed E-state index contributed by atoms with van der Waals surface area (Å²) >= 11 is 1.35. The summed E-state index contributed by atoms with van der Waals surface area (Å²) in [4.78, 5) is 15.3. The summed E-state index contributed by atoms with van der Waals surface area (Å²) in [5.74, 6) is 1.26. The zero-order valence-electron chi connectivity index (χ0n) is 38.1. The maximum Gasteiger partial charge on any atom is 0.164 e. The number of benzene rings is 7. The largest absolute Gasteiger partial charge is 0.208 e. The van der Waals surface area contributed by atoms with Crippen LogP contribution in [0.2, 0.25) is 0 Å². The molecule has 3 nitrogen and oxygen atoms in total. The fourth-order valence-electron chi connectivity index (χ4n) is 7.42. The van der Waals surface area contributed by atoms with Crippen molar-refractivity contribution in [2.45, 2.75) is 19.3 Å². The van der Waals surface area contributed by atoms with Gasteiger partial charge in [0.25, 0.3) is 0 Å². The number of nitrogens with zero attached hydrogens (tertiary/aromatic N) is 3. The second kappa shape index (κ2) is 11.9. The molecule has 4 heteroatoms. The Morgan fingerprint density at radius 3 is 1.90 bits per heavy atom. The summed E-state index contributed by atoms with van der Waals surface area (Å²) in [6.07, 6.45) is 0. The molecule has 2 heterocycles. The second-order valence-electron chi connectivity index (χ2n) is 13.3. The number of hydrogen-bond acceptors (Lipinski definition) is 4. The molecule has 0 saturated heterocycles. The lowest BCUT2D eigenvalue weighted by Crippen LogP contribution is -2.14. The minimum absolute atomic E-state index is 0.0708. The van der Waals surface area contributed by atoms with Crippen LogP contribution in [0.15, 0.2) is 164 Å². The Balaban J connectivity index is 1.28. The van der Waals surface area contributed by atoms with Gasteiger partial charge in [-0.15, -0.1) is 11.3 Å². The third kappa shape index (κ3) is 4.90. The van der Waals surface area contributed by atoms with Crippen LogP contribution < -0.4 is 0 Å². The smallest absolute Gasteiger partial charge is 0.164 e. The van der Waals surface area contributed by atoms with E-state index in [-0.39, 0.29) is 27.7 Å². The monoisotopic (exact) mass is 693 g/mol. The Labute approximate surface area is 321 Å². The molecule has 0 radical (unpaired) electrons. The predicted octanol–water partition coefficient (Wildman–Crippen LogP) is 12.9. The van der Waals surface area contributed by atoms with Crippen LogP contribution in [0.1, 0.15) is 38.7 Å². The van der Waals surface area contributed by atoms with Crippen molar-refractivity contribution in [3.8, 4) is 67.5 Å². The molecule has 246 valence electrons. The standard InChI is InChI=1S/C48H33N3S/c1-48(2)40-23-13-12-21-35(40)38-27-33(25-26-41(38)48)46-49-45(32-19-10-5-11-20-32)50-47(51-46)36-22-14-24-42-43(36)39-29-34(30-15-6-3-7-16-30)28-37(44(39)52-42)31-17-8-4-9-18-31/h3-29H,1-2H3/i3D,4D,6D,7D,8D,9D,15D,16D,17D,18D. The van der Waals surface area contributed by atoms with Gasteiger partial charge >= 0.3 is 0 Å². The van der Waals surface area contributed by atoms with Gasteiger partial charge in [0.15, 0.2) is 17.5 Å². The lowest BCUT2D eigenvalue weighted by molar-refractivity contribution is 0.660. The minimum atomic E-state index is -0.546. The van der Waals surface area contributed by atoms with Gasteiger partial charge < -0.3 is 0 Å². The molecule has 7 aromatic carbocycles. The number of hydrogen-bond donors (Lipinski definition) is 0. The van der Waals surface area contributed by atoms with Crippen LogP contribution in [-0.2, 0) is 5.41 Å². The Kier molecular flexibility index (Phi) is 5.02. The Bertz CT molecular complexity index is 3340. The van der Waals surface area contributed by atoms with Crippen molar-refractivity contribution < 1.29 is 13.7 Å². The first-order valence-electron chi connectivity index (χ1n) is 21.9. The van der Waals surface area contributed by atoms with Crippen molar-refractivity contribution in [3.63, 3.8) is 0 Å². The predicted molar refractivity (Wildman–Crippen MR) is 217 cm³/mol. The number of thiophene rings is 1. The molecule has 0 atom stereocenters. The van der Waals surface area contributed by atoms with Gasteiger partial charge in [-0.2, -0.15) is 0 Å². The van der Waals surface area contributed by atoms with Crippen LogP contribution in [0.25, 0.3) is 87.7 Å². The number of aromatic nitrogens is 3. The quantitative estimate of drug-likeness (QED) is 0.180. The summed E-state index contributed by atoms with van der Waals surface area (Å²) in [6, 6.07) is 28.5. The highest BCUT2D eigenvalue weighted by molar-refractivity contribution is 7.26. The van der Waals surface area contributed by atoms with Crippen LogP contribution >= 0.6 is 11.3 Å². The third-order valence-electron chi connectivity index (χ3n) is 9.90. The molecule has 0 amide bonds. The van der Waals surface area contributed by atoms with Gasteiger partial charge in [0.1, 0.15) is 0 Å². The normalized spacial score (nSPS) is 15.7. The molecule has 0 saturated carbocycles. The molecule has 1 aliphatic rings. The molecule has 1 aliphatic carbocycles. The first kappa shape index (κ1) is 21.9. The van der Waals surface area contributed by atoms with E-state index >= 15 is 0 Å². The van der Waals surface area contributed by atoms with Crippen LogP contribution in [0.5, 0.6) is 0 Å². The van der Waals surface area contributed by atoms with Crippen molar-refractivity contribution in [2.75, 3.05) is 0 Å². The van der Waals surface area contributed by atoms with Gasteiger partial charge in [-0.3, -0.25) is 0 Å². The van der Waals surface area contributed by atoms with E-state index in [9.17, 15) is 0 Å². The lowest BCUT2D eigenvalue weighted by atomic mass is 9.82. The zero-order valence-corrected chi connectivity index (χ0v) is 28.9. The fourth-order valence-corrected chi connectivity index (χ4v) is 8.66. The summed E-state index contributed by atoms with van der Waals surface area (Å²) in [5.41, 5.74) is 7.04. The van der Waals surface area contributed by atoms with Gasteiger partial charge in [-0.1, -0.05) is 153 Å². The number of rotatable bonds is 5. The van der Waals surface area contributed by atoms with Gasteiger partial charge in [0.2, 0.25) is 0 Å². The van der Waals surface area contributed by atoms with Gasteiger partial charge in [0, 0.05) is 47.8 Å². The van der Waals surface area contributed by atoms with E-state index in [1.807, 2.05) is 60.7 Å². The molecular weight excluding hydrogens is 651 g/mol. The Morgan fingerprint density at radius 2 is 1.12 bits per heavy atom. The summed E-state index contributed by atoms with van der Waals surface area (Å²) < 4.78 is 87.7. The minimum Gasteiger partial charge on any atom is -0.208 e. The Hall–Kier alpha value is -6.23. The zero-order chi connectivity index (χ0) is 43.5. The summed E-state index contributed by atoms with van der Waals surface area (Å²) in [7, 11) is 0. The van der Waals surface area contributed by atoms with E-state index in [1.54, 1.807) is 12.1 Å². The molecule has 2 aromatic heterocycles. The molecule has 0 unspecified atom stereocenters. The summed E-state index contributed by atoms with van der Waals surface area (Å²) in [5, 5.41) is 1.24. The first-order valence-corrected chi connectivity index (χ1v) is 17.7. The molecule has 52 heavy (non-hydrogen) atoms. The van der Waals surface area contributed by atoms with E-state index in [1.165, 1.54) is 22.5 Å². The highest BCUT2D eigenvalue weighted by Crippen LogP contribution is 2.50. The molecule has 0 bridgehead atoms. The molecule has 10 rings (SSSR count). The maximum atomic E-state index is 8.98. The van der Waals surface area contributed by atoms with E-state index in [0.717, 1.165) is 27.0 Å². The molecule has 0 fully saturated rings. The lowest BCUT2D eigenvalue weighted by Gasteiger charge is -2.21. The fraction of sp³-hybridized carbons (Fsp3) is 0.0625. The third-order valence-corrected chi connectivity index (χ3v) is 11.1. The van der Waals surface area contributed by atoms with E-state index in [0.29, 0.717) is 38.5 Å². The highest BCUT2D eigenvalue weighted by Gasteiger charge is 2.35. The topological polar surface area (TPSA) is 38.7 Å². The molecular formula is C48H33N3S. The molecule has 0 aliphatic heterocycles. The van der Waals surface area contributed by atoms with Crippen molar-refractivity contribution in [3.05, 3.63) is 175 Å². The van der Waals surface area contributed by atoms with Crippen molar-refractivity contribution in [1.29, 1.82) is 0 Å². The van der Waals surface area contributed by atoms with E-state index in [4.69, 9.17) is 28.7 Å². The first-order chi connectivity index (χ1) is 29.7. The van der Waals surface area contributed by atoms with Gasteiger partial charge in [-0.25, -0.2) is 15.0 Å². The van der Waals surface area contributed by atoms with Gasteiger partial charge in [0.05, 0.1) is 13.7 Å². The maximum absolute atomic E-state index is 8.98.